The van der Waals surface area contributed by atoms with Crippen molar-refractivity contribution in [3.63, 3.8) is 0 Å². The van der Waals surface area contributed by atoms with Gasteiger partial charge in [0.25, 0.3) is 17.7 Å². The van der Waals surface area contributed by atoms with Gasteiger partial charge < -0.3 is 15.4 Å². The molecule has 0 bridgehead atoms. The zero-order chi connectivity index (χ0) is 25.9. The minimum Gasteiger partial charge on any atom is -0.484 e. The third-order valence-electron chi connectivity index (χ3n) is 5.05. The predicted octanol–water partition coefficient (Wildman–Crippen LogP) is 4.26. The number of ether oxygens (including phenoxy) is 1. The van der Waals surface area contributed by atoms with Crippen LogP contribution in [0.2, 0.25) is 5.02 Å². The third-order valence-corrected chi connectivity index (χ3v) is 5.38. The van der Waals surface area contributed by atoms with Crippen LogP contribution >= 0.6 is 11.6 Å². The van der Waals surface area contributed by atoms with Gasteiger partial charge in [-0.15, -0.1) is 0 Å². The largest absolute Gasteiger partial charge is 0.484 e. The van der Waals surface area contributed by atoms with Crippen LogP contribution in [-0.4, -0.2) is 36.6 Å². The predicted molar refractivity (Wildman–Crippen MR) is 140 cm³/mol. The molecule has 3 aromatic carbocycles. The average Bonchev–Trinajstić information content (AvgIpc) is 2.87. The summed E-state index contributed by atoms with van der Waals surface area (Å²) in [6, 6.07) is 21.8. The molecule has 0 saturated carbocycles. The first-order chi connectivity index (χ1) is 17.3. The van der Waals surface area contributed by atoms with Crippen LogP contribution in [0.1, 0.15) is 29.8 Å². The fraction of sp³-hybridized carbons (Fsp3) is 0.185. The number of rotatable bonds is 10. The Morgan fingerprint density at radius 2 is 1.61 bits per heavy atom. The Balaban J connectivity index is 1.49. The Kier molecular flexibility index (Phi) is 9.59. The van der Waals surface area contributed by atoms with E-state index in [1.54, 1.807) is 60.7 Å². The fourth-order valence-electron chi connectivity index (χ4n) is 3.16. The molecule has 0 spiro atoms. The molecule has 8 nitrogen and oxygen atoms in total. The Labute approximate surface area is 214 Å². The average molecular weight is 507 g/mol. The summed E-state index contributed by atoms with van der Waals surface area (Å²) >= 11 is 6.08. The number of carbonyl (C=O) groups is 3. The van der Waals surface area contributed by atoms with Crippen molar-refractivity contribution in [1.29, 1.82) is 0 Å². The van der Waals surface area contributed by atoms with Crippen LogP contribution in [0.25, 0.3) is 0 Å². The maximum absolute atomic E-state index is 12.6. The number of para-hydroxylation sites is 1. The number of hydrazone groups is 1. The van der Waals surface area contributed by atoms with Crippen LogP contribution in [0.3, 0.4) is 0 Å². The molecule has 0 aliphatic rings. The van der Waals surface area contributed by atoms with E-state index in [2.05, 4.69) is 21.2 Å². The van der Waals surface area contributed by atoms with Gasteiger partial charge >= 0.3 is 0 Å². The van der Waals surface area contributed by atoms with Gasteiger partial charge in [0.2, 0.25) is 0 Å². The summed E-state index contributed by atoms with van der Waals surface area (Å²) in [5.41, 5.74) is 4.16. The standard InChI is InChI=1S/C27H27ClN4O4/c1-18(2)25(31-26(34)22-10-6-7-11-23(22)28)27(35)32-29-16-19-12-14-21(15-13-19)36-17-24(33)30-20-8-4-3-5-9-20/h3-16,18,25H,17H2,1-2H3,(H,30,33)(H,31,34)(H,32,35). The molecule has 186 valence electrons. The van der Waals surface area contributed by atoms with E-state index in [0.717, 1.165) is 0 Å². The number of nitrogens with zero attached hydrogens (tertiary/aromatic N) is 1. The molecule has 0 heterocycles. The molecule has 0 fully saturated rings. The molecule has 0 saturated heterocycles. The molecule has 36 heavy (non-hydrogen) atoms. The van der Waals surface area contributed by atoms with Crippen molar-refractivity contribution >= 4 is 41.2 Å². The SMILES string of the molecule is CC(C)C(NC(=O)c1ccccc1Cl)C(=O)NN=Cc1ccc(OCC(=O)Nc2ccccc2)cc1. The van der Waals surface area contributed by atoms with Crippen molar-refractivity contribution < 1.29 is 19.1 Å². The van der Waals surface area contributed by atoms with E-state index < -0.39 is 17.9 Å². The fourth-order valence-corrected chi connectivity index (χ4v) is 3.38. The molecule has 0 aliphatic heterocycles. The smallest absolute Gasteiger partial charge is 0.262 e. The number of amides is 3. The van der Waals surface area contributed by atoms with Gasteiger partial charge in [-0.25, -0.2) is 5.43 Å². The van der Waals surface area contributed by atoms with Gasteiger partial charge in [-0.1, -0.05) is 55.8 Å². The zero-order valence-electron chi connectivity index (χ0n) is 19.9. The van der Waals surface area contributed by atoms with Crippen LogP contribution in [0.4, 0.5) is 5.69 Å². The molecular weight excluding hydrogens is 480 g/mol. The quantitative estimate of drug-likeness (QED) is 0.282. The van der Waals surface area contributed by atoms with Crippen molar-refractivity contribution in [3.05, 3.63) is 95.0 Å². The summed E-state index contributed by atoms with van der Waals surface area (Å²) < 4.78 is 5.50. The Hall–Kier alpha value is -4.17. The Morgan fingerprint density at radius 1 is 0.944 bits per heavy atom. The Bertz CT molecular complexity index is 1210. The third kappa shape index (κ3) is 7.95. The minimum absolute atomic E-state index is 0.130. The molecular formula is C27H27ClN4O4. The first-order valence-corrected chi connectivity index (χ1v) is 11.7. The number of halogens is 1. The van der Waals surface area contributed by atoms with E-state index in [9.17, 15) is 14.4 Å². The molecule has 1 unspecified atom stereocenters. The van der Waals surface area contributed by atoms with Gasteiger partial charge in [0, 0.05) is 5.69 Å². The van der Waals surface area contributed by atoms with Crippen LogP contribution < -0.4 is 20.8 Å². The number of nitrogens with one attached hydrogen (secondary N) is 3. The highest BCUT2D eigenvalue weighted by atomic mass is 35.5. The van der Waals surface area contributed by atoms with Gasteiger partial charge in [0.05, 0.1) is 16.8 Å². The minimum atomic E-state index is -0.802. The maximum Gasteiger partial charge on any atom is 0.262 e. The summed E-state index contributed by atoms with van der Waals surface area (Å²) in [6.07, 6.45) is 1.47. The molecule has 3 N–H and O–H groups in total. The second-order valence-corrected chi connectivity index (χ2v) is 8.59. The van der Waals surface area contributed by atoms with E-state index in [0.29, 0.717) is 27.6 Å². The van der Waals surface area contributed by atoms with Crippen molar-refractivity contribution in [3.8, 4) is 5.75 Å². The second kappa shape index (κ2) is 13.1. The lowest BCUT2D eigenvalue weighted by atomic mass is 10.0. The number of carbonyl (C=O) groups excluding carboxylic acids is 3. The molecule has 0 aliphatic carbocycles. The summed E-state index contributed by atoms with van der Waals surface area (Å²) in [5, 5.41) is 9.75. The first-order valence-electron chi connectivity index (χ1n) is 11.3. The lowest BCUT2D eigenvalue weighted by Crippen LogP contribution is -2.48. The highest BCUT2D eigenvalue weighted by Gasteiger charge is 2.25. The number of benzene rings is 3. The van der Waals surface area contributed by atoms with Crippen molar-refractivity contribution in [2.24, 2.45) is 11.0 Å². The lowest BCUT2D eigenvalue weighted by molar-refractivity contribution is -0.124. The molecule has 0 aromatic heterocycles. The molecule has 0 radical (unpaired) electrons. The van der Waals surface area contributed by atoms with Gasteiger partial charge in [0.15, 0.2) is 6.61 Å². The normalized spacial score (nSPS) is 11.7. The zero-order valence-corrected chi connectivity index (χ0v) is 20.7. The highest BCUT2D eigenvalue weighted by Crippen LogP contribution is 2.16. The summed E-state index contributed by atoms with van der Waals surface area (Å²) in [5.74, 6) is -0.822. The second-order valence-electron chi connectivity index (χ2n) is 8.18. The molecule has 9 heteroatoms. The number of hydrogen-bond donors (Lipinski definition) is 3. The van der Waals surface area contributed by atoms with E-state index in [4.69, 9.17) is 16.3 Å². The van der Waals surface area contributed by atoms with Gasteiger partial charge in [-0.05, 0) is 60.0 Å². The van der Waals surface area contributed by atoms with E-state index >= 15 is 0 Å². The van der Waals surface area contributed by atoms with Gasteiger partial charge in [0.1, 0.15) is 11.8 Å². The topological polar surface area (TPSA) is 109 Å². The summed E-state index contributed by atoms with van der Waals surface area (Å²) in [7, 11) is 0. The number of hydrogen-bond acceptors (Lipinski definition) is 5. The van der Waals surface area contributed by atoms with Gasteiger partial charge in [-0.3, -0.25) is 14.4 Å². The highest BCUT2D eigenvalue weighted by molar-refractivity contribution is 6.33. The maximum atomic E-state index is 12.6. The lowest BCUT2D eigenvalue weighted by Gasteiger charge is -2.20. The van der Waals surface area contributed by atoms with Crippen molar-refractivity contribution in [2.75, 3.05) is 11.9 Å². The number of anilines is 1. The van der Waals surface area contributed by atoms with Crippen LogP contribution in [-0.2, 0) is 9.59 Å². The summed E-state index contributed by atoms with van der Waals surface area (Å²) in [6.45, 7) is 3.51. The van der Waals surface area contributed by atoms with Crippen molar-refractivity contribution in [2.45, 2.75) is 19.9 Å². The van der Waals surface area contributed by atoms with Gasteiger partial charge in [-0.2, -0.15) is 5.10 Å². The molecule has 1 atom stereocenters. The van der Waals surface area contributed by atoms with Crippen LogP contribution in [0.15, 0.2) is 84.0 Å². The molecule has 3 rings (SSSR count). The summed E-state index contributed by atoms with van der Waals surface area (Å²) in [4.78, 5) is 37.2. The molecule has 3 aromatic rings. The first kappa shape index (κ1) is 26.4. The van der Waals surface area contributed by atoms with E-state index in [1.807, 2.05) is 32.0 Å². The molecule has 3 amide bonds. The van der Waals surface area contributed by atoms with Crippen LogP contribution in [0.5, 0.6) is 5.75 Å². The van der Waals surface area contributed by atoms with Crippen molar-refractivity contribution in [1.82, 2.24) is 10.7 Å². The Morgan fingerprint density at radius 3 is 2.28 bits per heavy atom. The monoisotopic (exact) mass is 506 g/mol. The van der Waals surface area contributed by atoms with Crippen LogP contribution in [0, 0.1) is 5.92 Å². The van der Waals surface area contributed by atoms with E-state index in [1.165, 1.54) is 6.21 Å². The van der Waals surface area contributed by atoms with E-state index in [-0.39, 0.29) is 18.4 Å².